The van der Waals surface area contributed by atoms with E-state index < -0.39 is 0 Å². The minimum Gasteiger partial charge on any atom is -0.293 e. The van der Waals surface area contributed by atoms with Crippen molar-refractivity contribution >= 4 is 17.4 Å². The summed E-state index contributed by atoms with van der Waals surface area (Å²) in [6.45, 7) is 4.00. The summed E-state index contributed by atoms with van der Waals surface area (Å²) >= 11 is 5.71. The van der Waals surface area contributed by atoms with Crippen LogP contribution in [0.1, 0.15) is 26.7 Å². The molecule has 0 amide bonds. The third-order valence-electron chi connectivity index (χ3n) is 1.81. The van der Waals surface area contributed by atoms with E-state index in [1.807, 2.05) is 6.92 Å². The topological polar surface area (TPSA) is 17.1 Å². The predicted octanol–water partition coefficient (Wildman–Crippen LogP) is 2.50. The van der Waals surface area contributed by atoms with Gasteiger partial charge in [0, 0.05) is 6.42 Å². The molecule has 0 radical (unpaired) electrons. The third-order valence-corrected chi connectivity index (χ3v) is 2.34. The van der Waals surface area contributed by atoms with Crippen molar-refractivity contribution in [3.05, 3.63) is 10.6 Å². The van der Waals surface area contributed by atoms with Crippen molar-refractivity contribution in [1.82, 2.24) is 0 Å². The van der Waals surface area contributed by atoms with E-state index in [2.05, 4.69) is 6.92 Å². The molecule has 1 rings (SSSR count). The Balaban J connectivity index is 2.85. The second-order valence-electron chi connectivity index (χ2n) is 3.03. The lowest BCUT2D eigenvalue weighted by atomic mass is 9.90. The van der Waals surface area contributed by atoms with Crippen LogP contribution in [0.4, 0.5) is 0 Å². The molecule has 0 fully saturated rings. The van der Waals surface area contributed by atoms with Gasteiger partial charge in [-0.05, 0) is 19.3 Å². The number of Topliss-reactive ketones (excluding diaryl/α,β-unsaturated/α-hetero) is 1. The molecule has 0 saturated carbocycles. The lowest BCUT2D eigenvalue weighted by Crippen LogP contribution is -2.13. The SMILES string of the molecule is CC1=C(Cl)C(=O)CC(C)C1. The first-order valence-corrected chi connectivity index (χ1v) is 3.87. The maximum absolute atomic E-state index is 11.0. The Morgan fingerprint density at radius 2 is 2.10 bits per heavy atom. The van der Waals surface area contributed by atoms with Crippen molar-refractivity contribution in [2.45, 2.75) is 26.7 Å². The maximum Gasteiger partial charge on any atom is 0.174 e. The van der Waals surface area contributed by atoms with Crippen LogP contribution >= 0.6 is 11.6 Å². The van der Waals surface area contributed by atoms with Crippen LogP contribution in [0.5, 0.6) is 0 Å². The Morgan fingerprint density at radius 3 is 2.60 bits per heavy atom. The van der Waals surface area contributed by atoms with Gasteiger partial charge < -0.3 is 0 Å². The Kier molecular flexibility index (Phi) is 2.14. The summed E-state index contributed by atoms with van der Waals surface area (Å²) in [5.41, 5.74) is 1.05. The molecule has 2 heteroatoms. The summed E-state index contributed by atoms with van der Waals surface area (Å²) in [6.07, 6.45) is 1.60. The summed E-state index contributed by atoms with van der Waals surface area (Å²) in [5, 5.41) is 0.470. The molecule has 0 aromatic rings. The van der Waals surface area contributed by atoms with Crippen LogP contribution < -0.4 is 0 Å². The Labute approximate surface area is 66.1 Å². The number of ketones is 1. The second-order valence-corrected chi connectivity index (χ2v) is 3.41. The van der Waals surface area contributed by atoms with Gasteiger partial charge >= 0.3 is 0 Å². The minimum atomic E-state index is 0.109. The number of rotatable bonds is 0. The fourth-order valence-electron chi connectivity index (χ4n) is 1.33. The predicted molar refractivity (Wildman–Crippen MR) is 42.0 cm³/mol. The highest BCUT2D eigenvalue weighted by Gasteiger charge is 2.20. The van der Waals surface area contributed by atoms with Crippen LogP contribution in [-0.4, -0.2) is 5.78 Å². The molecular weight excluding hydrogens is 148 g/mol. The largest absolute Gasteiger partial charge is 0.293 e. The highest BCUT2D eigenvalue weighted by atomic mass is 35.5. The fourth-order valence-corrected chi connectivity index (χ4v) is 1.48. The smallest absolute Gasteiger partial charge is 0.174 e. The monoisotopic (exact) mass is 158 g/mol. The Hall–Kier alpha value is -0.300. The van der Waals surface area contributed by atoms with Gasteiger partial charge in [0.25, 0.3) is 0 Å². The van der Waals surface area contributed by atoms with E-state index in [1.165, 1.54) is 0 Å². The zero-order chi connectivity index (χ0) is 7.72. The van der Waals surface area contributed by atoms with E-state index in [0.717, 1.165) is 12.0 Å². The van der Waals surface area contributed by atoms with Crippen molar-refractivity contribution in [2.75, 3.05) is 0 Å². The number of halogens is 1. The number of allylic oxidation sites excluding steroid dienone is 2. The van der Waals surface area contributed by atoms with Crippen LogP contribution in [0.2, 0.25) is 0 Å². The molecule has 56 valence electrons. The number of carbonyl (C=O) groups excluding carboxylic acids is 1. The summed E-state index contributed by atoms with van der Waals surface area (Å²) in [6, 6.07) is 0. The Morgan fingerprint density at radius 1 is 1.50 bits per heavy atom. The van der Waals surface area contributed by atoms with Crippen molar-refractivity contribution in [3.8, 4) is 0 Å². The van der Waals surface area contributed by atoms with Gasteiger partial charge in [-0.25, -0.2) is 0 Å². The van der Waals surface area contributed by atoms with Gasteiger partial charge in [-0.3, -0.25) is 4.79 Å². The van der Waals surface area contributed by atoms with E-state index in [9.17, 15) is 4.79 Å². The van der Waals surface area contributed by atoms with Crippen LogP contribution in [0.15, 0.2) is 10.6 Å². The van der Waals surface area contributed by atoms with Crippen LogP contribution in [0.3, 0.4) is 0 Å². The molecule has 0 aliphatic heterocycles. The van der Waals surface area contributed by atoms with Gasteiger partial charge in [0.05, 0.1) is 5.03 Å². The first-order valence-electron chi connectivity index (χ1n) is 3.49. The molecule has 0 saturated heterocycles. The van der Waals surface area contributed by atoms with Crippen molar-refractivity contribution < 1.29 is 4.79 Å². The highest BCUT2D eigenvalue weighted by Crippen LogP contribution is 2.27. The quantitative estimate of drug-likeness (QED) is 0.530. The number of carbonyl (C=O) groups is 1. The molecule has 1 atom stereocenters. The molecule has 0 aromatic heterocycles. The molecule has 1 nitrogen and oxygen atoms in total. The fraction of sp³-hybridized carbons (Fsp3) is 0.625. The normalized spacial score (nSPS) is 27.5. The van der Waals surface area contributed by atoms with Gasteiger partial charge in [0.2, 0.25) is 0 Å². The molecule has 0 aromatic carbocycles. The summed E-state index contributed by atoms with van der Waals surface area (Å²) < 4.78 is 0. The molecule has 0 heterocycles. The minimum absolute atomic E-state index is 0.109. The first-order chi connectivity index (χ1) is 4.61. The third kappa shape index (κ3) is 1.40. The van der Waals surface area contributed by atoms with E-state index in [1.54, 1.807) is 0 Å². The van der Waals surface area contributed by atoms with Crippen LogP contribution in [-0.2, 0) is 4.79 Å². The molecule has 1 aliphatic rings. The van der Waals surface area contributed by atoms with Crippen molar-refractivity contribution in [3.63, 3.8) is 0 Å². The van der Waals surface area contributed by atoms with Gasteiger partial charge in [0.1, 0.15) is 0 Å². The van der Waals surface area contributed by atoms with E-state index in [4.69, 9.17) is 11.6 Å². The van der Waals surface area contributed by atoms with E-state index in [0.29, 0.717) is 17.4 Å². The number of hydrogen-bond acceptors (Lipinski definition) is 1. The second kappa shape index (κ2) is 2.75. The molecule has 10 heavy (non-hydrogen) atoms. The molecule has 0 spiro atoms. The lowest BCUT2D eigenvalue weighted by molar-refractivity contribution is -0.116. The maximum atomic E-state index is 11.0. The van der Waals surface area contributed by atoms with Gasteiger partial charge in [-0.15, -0.1) is 0 Å². The van der Waals surface area contributed by atoms with Crippen LogP contribution in [0, 0.1) is 5.92 Å². The summed E-state index contributed by atoms with van der Waals surface area (Å²) in [4.78, 5) is 11.0. The van der Waals surface area contributed by atoms with Gasteiger partial charge in [-0.1, -0.05) is 24.1 Å². The molecular formula is C8H11ClO. The van der Waals surface area contributed by atoms with Crippen molar-refractivity contribution in [1.29, 1.82) is 0 Å². The zero-order valence-corrected chi connectivity index (χ0v) is 7.03. The Bertz CT molecular complexity index is 193. The van der Waals surface area contributed by atoms with Crippen molar-refractivity contribution in [2.24, 2.45) is 5.92 Å². The van der Waals surface area contributed by atoms with Gasteiger partial charge in [-0.2, -0.15) is 0 Å². The average Bonchev–Trinajstić information content (AvgIpc) is 1.82. The molecule has 1 aliphatic carbocycles. The lowest BCUT2D eigenvalue weighted by Gasteiger charge is -2.17. The number of hydrogen-bond donors (Lipinski definition) is 0. The van der Waals surface area contributed by atoms with E-state index >= 15 is 0 Å². The molecule has 0 bridgehead atoms. The highest BCUT2D eigenvalue weighted by molar-refractivity contribution is 6.43. The van der Waals surface area contributed by atoms with Gasteiger partial charge in [0.15, 0.2) is 5.78 Å². The zero-order valence-electron chi connectivity index (χ0n) is 6.28. The standard InChI is InChI=1S/C8H11ClO/c1-5-3-6(2)8(9)7(10)4-5/h5H,3-4H2,1-2H3. The average molecular weight is 159 g/mol. The molecule has 0 N–H and O–H groups in total. The molecule has 1 unspecified atom stereocenters. The summed E-state index contributed by atoms with van der Waals surface area (Å²) in [7, 11) is 0. The summed E-state index contributed by atoms with van der Waals surface area (Å²) in [5.74, 6) is 0.591. The first kappa shape index (κ1) is 7.80. The van der Waals surface area contributed by atoms with Crippen LogP contribution in [0.25, 0.3) is 0 Å². The van der Waals surface area contributed by atoms with E-state index in [-0.39, 0.29) is 5.78 Å².